The van der Waals surface area contributed by atoms with E-state index in [0.717, 1.165) is 12.8 Å². The molecule has 1 fully saturated rings. The molecule has 0 bridgehead atoms. The van der Waals surface area contributed by atoms with Gasteiger partial charge in [-0.1, -0.05) is 15.9 Å². The van der Waals surface area contributed by atoms with E-state index >= 15 is 0 Å². The van der Waals surface area contributed by atoms with Crippen molar-refractivity contribution in [1.29, 1.82) is 5.26 Å². The lowest BCUT2D eigenvalue weighted by Gasteiger charge is -2.10. The van der Waals surface area contributed by atoms with E-state index in [1.807, 2.05) is 6.07 Å². The van der Waals surface area contributed by atoms with Crippen molar-refractivity contribution in [1.82, 2.24) is 5.32 Å². The molecule has 6 nitrogen and oxygen atoms in total. The van der Waals surface area contributed by atoms with E-state index < -0.39 is 5.91 Å². The summed E-state index contributed by atoms with van der Waals surface area (Å²) in [5.41, 5.74) is 0.528. The third-order valence-corrected chi connectivity index (χ3v) is 4.16. The highest BCUT2D eigenvalue weighted by Crippen LogP contribution is 2.33. The van der Waals surface area contributed by atoms with Crippen LogP contribution in [0.25, 0.3) is 6.08 Å². The molecule has 0 spiro atoms. The van der Waals surface area contributed by atoms with Crippen LogP contribution in [0.1, 0.15) is 18.4 Å². The number of halogens is 1. The van der Waals surface area contributed by atoms with Crippen LogP contribution in [0.3, 0.4) is 0 Å². The van der Waals surface area contributed by atoms with Crippen LogP contribution in [0.4, 0.5) is 0 Å². The van der Waals surface area contributed by atoms with Gasteiger partial charge in [0.1, 0.15) is 11.6 Å². The second-order valence-corrected chi connectivity index (χ2v) is 5.91. The summed E-state index contributed by atoms with van der Waals surface area (Å²) < 4.78 is 11.0. The predicted octanol–water partition coefficient (Wildman–Crippen LogP) is 2.37. The molecule has 1 saturated heterocycles. The molecule has 2 N–H and O–H groups in total. The largest absolute Gasteiger partial charge is 0.504 e. The molecule has 0 saturated carbocycles. The number of aromatic hydroxyl groups is 1. The Morgan fingerprint density at radius 3 is 3.04 bits per heavy atom. The van der Waals surface area contributed by atoms with Crippen molar-refractivity contribution in [3.05, 3.63) is 27.7 Å². The fraction of sp³-hybridized carbons (Fsp3) is 0.375. The highest BCUT2D eigenvalue weighted by atomic mass is 79.9. The fourth-order valence-corrected chi connectivity index (χ4v) is 2.69. The maximum atomic E-state index is 12.1. The van der Waals surface area contributed by atoms with Gasteiger partial charge >= 0.3 is 0 Å². The number of nitrogens with one attached hydrogen (secondary N) is 1. The van der Waals surface area contributed by atoms with Gasteiger partial charge in [-0.25, -0.2) is 0 Å². The van der Waals surface area contributed by atoms with Crippen molar-refractivity contribution in [2.45, 2.75) is 18.9 Å². The number of carbonyl (C=O) groups is 1. The molecule has 0 aromatic heterocycles. The molecule has 1 amide bonds. The molecule has 1 aromatic carbocycles. The Balaban J connectivity index is 2.14. The molecule has 0 radical (unpaired) electrons. The molecule has 0 aliphatic carbocycles. The summed E-state index contributed by atoms with van der Waals surface area (Å²) in [5.74, 6) is -0.226. The van der Waals surface area contributed by atoms with Gasteiger partial charge in [0.2, 0.25) is 0 Å². The normalized spacial score (nSPS) is 17.6. The molecule has 7 heteroatoms. The van der Waals surface area contributed by atoms with Crippen molar-refractivity contribution in [3.63, 3.8) is 0 Å². The van der Waals surface area contributed by atoms with Gasteiger partial charge in [-0.2, -0.15) is 5.26 Å². The van der Waals surface area contributed by atoms with Crippen LogP contribution in [-0.4, -0.2) is 37.4 Å². The first-order valence-corrected chi connectivity index (χ1v) is 7.92. The predicted molar refractivity (Wildman–Crippen MR) is 87.9 cm³/mol. The lowest BCUT2D eigenvalue weighted by atomic mass is 10.1. The fourth-order valence-electron chi connectivity index (χ4n) is 2.24. The number of ether oxygens (including phenoxy) is 2. The first-order valence-electron chi connectivity index (χ1n) is 7.13. The Bertz CT molecular complexity index is 661. The zero-order valence-corrected chi connectivity index (χ0v) is 14.2. The van der Waals surface area contributed by atoms with Crippen LogP contribution in [-0.2, 0) is 9.53 Å². The molecule has 2 rings (SSSR count). The minimum absolute atomic E-state index is 0.0133. The van der Waals surface area contributed by atoms with E-state index in [0.29, 0.717) is 23.2 Å². The monoisotopic (exact) mass is 380 g/mol. The maximum Gasteiger partial charge on any atom is 0.262 e. The van der Waals surface area contributed by atoms with Gasteiger partial charge in [0.15, 0.2) is 11.5 Å². The number of nitrogens with zero attached hydrogens (tertiary/aromatic N) is 1. The molecule has 1 aromatic rings. The Kier molecular flexibility index (Phi) is 6.02. The Morgan fingerprint density at radius 1 is 1.65 bits per heavy atom. The lowest BCUT2D eigenvalue weighted by molar-refractivity contribution is -0.117. The number of rotatable bonds is 5. The van der Waals surface area contributed by atoms with Crippen LogP contribution in [0.2, 0.25) is 0 Å². The number of carbonyl (C=O) groups excluding carboxylic acids is 1. The van der Waals surface area contributed by atoms with Crippen LogP contribution in [0, 0.1) is 11.3 Å². The number of phenols is 1. The molecule has 122 valence electrons. The molecular weight excluding hydrogens is 364 g/mol. The van der Waals surface area contributed by atoms with E-state index in [2.05, 4.69) is 21.2 Å². The Morgan fingerprint density at radius 2 is 2.43 bits per heavy atom. The SMILES string of the molecule is COc1cc(C=C(C#N)C(=O)NCC2CCCO2)c(Br)cc1O. The summed E-state index contributed by atoms with van der Waals surface area (Å²) in [4.78, 5) is 12.1. The molecule has 1 aliphatic rings. The number of phenolic OH excluding ortho intramolecular Hbond substituents is 1. The third-order valence-electron chi connectivity index (χ3n) is 3.48. The van der Waals surface area contributed by atoms with Crippen LogP contribution >= 0.6 is 15.9 Å². The van der Waals surface area contributed by atoms with Gasteiger partial charge in [0, 0.05) is 17.6 Å². The van der Waals surface area contributed by atoms with E-state index in [-0.39, 0.29) is 23.2 Å². The average molecular weight is 381 g/mol. The molecule has 1 aliphatic heterocycles. The van der Waals surface area contributed by atoms with Gasteiger partial charge in [-0.3, -0.25) is 4.79 Å². The maximum absolute atomic E-state index is 12.1. The molecule has 23 heavy (non-hydrogen) atoms. The van der Waals surface area contributed by atoms with Crippen LogP contribution in [0.5, 0.6) is 11.5 Å². The van der Waals surface area contributed by atoms with E-state index in [1.165, 1.54) is 19.3 Å². The molecule has 1 heterocycles. The molecule has 1 unspecified atom stereocenters. The molecule has 1 atom stereocenters. The second kappa shape index (κ2) is 7.99. The lowest BCUT2D eigenvalue weighted by Crippen LogP contribution is -2.32. The van der Waals surface area contributed by atoms with Gasteiger partial charge in [-0.15, -0.1) is 0 Å². The van der Waals surface area contributed by atoms with Crippen molar-refractivity contribution in [3.8, 4) is 17.6 Å². The Labute approximate surface area is 142 Å². The summed E-state index contributed by atoms with van der Waals surface area (Å²) in [7, 11) is 1.43. The number of methoxy groups -OCH3 is 1. The van der Waals surface area contributed by atoms with Gasteiger partial charge in [0.05, 0.1) is 13.2 Å². The summed E-state index contributed by atoms with van der Waals surface area (Å²) in [6.07, 6.45) is 3.35. The number of nitriles is 1. The van der Waals surface area contributed by atoms with Crippen molar-refractivity contribution >= 4 is 27.9 Å². The van der Waals surface area contributed by atoms with Crippen molar-refractivity contribution in [2.75, 3.05) is 20.3 Å². The minimum atomic E-state index is -0.457. The summed E-state index contributed by atoms with van der Waals surface area (Å²) >= 11 is 3.29. The zero-order valence-electron chi connectivity index (χ0n) is 12.6. The average Bonchev–Trinajstić information content (AvgIpc) is 3.05. The quantitative estimate of drug-likeness (QED) is 0.604. The highest BCUT2D eigenvalue weighted by Gasteiger charge is 2.18. The van der Waals surface area contributed by atoms with E-state index in [9.17, 15) is 15.2 Å². The van der Waals surface area contributed by atoms with Crippen molar-refractivity contribution in [2.24, 2.45) is 0 Å². The summed E-state index contributed by atoms with van der Waals surface area (Å²) in [6.45, 7) is 1.10. The number of amides is 1. The van der Waals surface area contributed by atoms with Gasteiger partial charge < -0.3 is 19.9 Å². The third kappa shape index (κ3) is 4.47. The summed E-state index contributed by atoms with van der Waals surface area (Å²) in [5, 5.41) is 21.6. The highest BCUT2D eigenvalue weighted by molar-refractivity contribution is 9.10. The summed E-state index contributed by atoms with van der Waals surface area (Å²) in [6, 6.07) is 4.88. The topological polar surface area (TPSA) is 91.6 Å². The second-order valence-electron chi connectivity index (χ2n) is 5.06. The number of hydrogen-bond donors (Lipinski definition) is 2. The van der Waals surface area contributed by atoms with E-state index in [4.69, 9.17) is 9.47 Å². The Hall–Kier alpha value is -2.04. The van der Waals surface area contributed by atoms with E-state index in [1.54, 1.807) is 6.07 Å². The molecular formula is C16H17BrN2O4. The number of benzene rings is 1. The van der Waals surface area contributed by atoms with Crippen LogP contribution < -0.4 is 10.1 Å². The van der Waals surface area contributed by atoms with Crippen LogP contribution in [0.15, 0.2) is 22.2 Å². The van der Waals surface area contributed by atoms with Crippen molar-refractivity contribution < 1.29 is 19.4 Å². The standard InChI is InChI=1S/C16H17BrN2O4/c1-22-15-6-10(13(17)7-14(15)20)5-11(8-18)16(21)19-9-12-3-2-4-23-12/h5-7,12,20H,2-4,9H2,1H3,(H,19,21). The zero-order chi connectivity index (χ0) is 16.8. The van der Waals surface area contributed by atoms with Gasteiger partial charge in [-0.05, 0) is 36.6 Å². The smallest absolute Gasteiger partial charge is 0.262 e. The number of hydrogen-bond acceptors (Lipinski definition) is 5. The first kappa shape index (κ1) is 17.3. The van der Waals surface area contributed by atoms with Gasteiger partial charge in [0.25, 0.3) is 5.91 Å². The first-order chi connectivity index (χ1) is 11.0. The minimum Gasteiger partial charge on any atom is -0.504 e.